The summed E-state index contributed by atoms with van der Waals surface area (Å²) in [5.41, 5.74) is 3.76. The van der Waals surface area contributed by atoms with E-state index in [9.17, 15) is 9.59 Å². The van der Waals surface area contributed by atoms with Gasteiger partial charge in [-0.3, -0.25) is 10.0 Å². The number of hydrogen-bond donors (Lipinski definition) is 3. The van der Waals surface area contributed by atoms with Crippen LogP contribution in [0.15, 0.2) is 48.5 Å². The molecular weight excluding hydrogens is 382 g/mol. The molecule has 7 heteroatoms. The number of rotatable bonds is 3. The number of amides is 3. The molecule has 3 amide bonds. The highest BCUT2D eigenvalue weighted by Gasteiger charge is 2.31. The maximum absolute atomic E-state index is 13.3. The summed E-state index contributed by atoms with van der Waals surface area (Å²) in [6.07, 6.45) is 5.56. The summed E-state index contributed by atoms with van der Waals surface area (Å²) in [4.78, 5) is 26.9. The minimum Gasteiger partial charge on any atom is -0.491 e. The quantitative estimate of drug-likeness (QED) is 0.531. The minimum atomic E-state index is -0.600. The minimum absolute atomic E-state index is 0.0932. The molecule has 0 saturated heterocycles. The fourth-order valence-corrected chi connectivity index (χ4v) is 4.25. The molecule has 0 spiro atoms. The van der Waals surface area contributed by atoms with E-state index in [1.54, 1.807) is 23.7 Å². The second kappa shape index (κ2) is 9.17. The first kappa shape index (κ1) is 20.2. The number of nitrogens with one attached hydrogen (secondary N) is 2. The van der Waals surface area contributed by atoms with Crippen LogP contribution in [0.2, 0.25) is 0 Å². The van der Waals surface area contributed by atoms with E-state index < -0.39 is 5.91 Å². The molecule has 1 atom stereocenters. The van der Waals surface area contributed by atoms with Crippen LogP contribution in [0.4, 0.5) is 4.79 Å². The van der Waals surface area contributed by atoms with Crippen LogP contribution in [0, 0.1) is 0 Å². The maximum atomic E-state index is 13.3. The number of urea groups is 1. The smallest absolute Gasteiger partial charge is 0.318 e. The Balaban J connectivity index is 1.62. The average Bonchev–Trinajstić information content (AvgIpc) is 2.99. The second-order valence-corrected chi connectivity index (χ2v) is 7.91. The van der Waals surface area contributed by atoms with E-state index in [4.69, 9.17) is 9.94 Å². The third-order valence-corrected chi connectivity index (χ3v) is 5.92. The summed E-state index contributed by atoms with van der Waals surface area (Å²) in [5, 5.41) is 12.1. The molecule has 3 N–H and O–H groups in total. The fraction of sp³-hybridized carbons (Fsp3) is 0.391. The van der Waals surface area contributed by atoms with Crippen LogP contribution >= 0.6 is 0 Å². The molecule has 1 heterocycles. The number of carbonyl (C=O) groups is 2. The van der Waals surface area contributed by atoms with Crippen LogP contribution in [0.3, 0.4) is 0 Å². The highest BCUT2D eigenvalue weighted by molar-refractivity contribution is 5.93. The van der Waals surface area contributed by atoms with Gasteiger partial charge in [-0.25, -0.2) is 10.3 Å². The standard InChI is InChI=1S/C23H27N3O4/c27-22(25-29)17-11-12-18-14-26(23(28)24-19-9-5-2-6-10-19)20(15-30-21(18)13-17)16-7-3-1-4-8-16/h1,3-4,7-8,11-13,19-20,29H,2,5-6,9-10,14-15H2,(H,24,28)(H,25,27)/t20-/m1/s1. The SMILES string of the molecule is O=C(NO)c1ccc2c(c1)OC[C@H](c1ccccc1)N(C(=O)NC1CCCCC1)C2. The highest BCUT2D eigenvalue weighted by atomic mass is 16.5. The van der Waals surface area contributed by atoms with Gasteiger partial charge >= 0.3 is 6.03 Å². The molecule has 2 aliphatic rings. The van der Waals surface area contributed by atoms with Crippen molar-refractivity contribution in [3.05, 3.63) is 65.2 Å². The molecule has 30 heavy (non-hydrogen) atoms. The fourth-order valence-electron chi connectivity index (χ4n) is 4.25. The Labute approximate surface area is 176 Å². The number of ether oxygens (including phenoxy) is 1. The lowest BCUT2D eigenvalue weighted by molar-refractivity contribution is 0.0706. The van der Waals surface area contributed by atoms with E-state index in [2.05, 4.69) is 5.32 Å². The predicted molar refractivity (Wildman–Crippen MR) is 111 cm³/mol. The van der Waals surface area contributed by atoms with Crippen LogP contribution in [0.1, 0.15) is 59.6 Å². The Kier molecular flexibility index (Phi) is 6.18. The van der Waals surface area contributed by atoms with Gasteiger partial charge in [-0.1, -0.05) is 55.7 Å². The molecular formula is C23H27N3O4. The van der Waals surface area contributed by atoms with E-state index in [1.165, 1.54) is 6.42 Å². The lowest BCUT2D eigenvalue weighted by Crippen LogP contribution is -2.47. The van der Waals surface area contributed by atoms with Crippen molar-refractivity contribution in [3.8, 4) is 5.75 Å². The maximum Gasteiger partial charge on any atom is 0.318 e. The van der Waals surface area contributed by atoms with E-state index in [0.717, 1.165) is 36.8 Å². The van der Waals surface area contributed by atoms with Gasteiger partial charge in [0.2, 0.25) is 0 Å². The van der Waals surface area contributed by atoms with Crippen LogP contribution in [-0.2, 0) is 6.54 Å². The summed E-state index contributed by atoms with van der Waals surface area (Å²) in [5.74, 6) is -0.0536. The molecule has 1 fully saturated rings. The summed E-state index contributed by atoms with van der Waals surface area (Å²) in [6.45, 7) is 0.647. The molecule has 7 nitrogen and oxygen atoms in total. The Bertz CT molecular complexity index is 897. The number of hydrogen-bond acceptors (Lipinski definition) is 4. The lowest BCUT2D eigenvalue weighted by Gasteiger charge is -2.32. The predicted octanol–water partition coefficient (Wildman–Crippen LogP) is 3.78. The largest absolute Gasteiger partial charge is 0.491 e. The van der Waals surface area contributed by atoms with Crippen LogP contribution in [0.25, 0.3) is 0 Å². The van der Waals surface area contributed by atoms with Gasteiger partial charge in [-0.15, -0.1) is 0 Å². The monoisotopic (exact) mass is 409 g/mol. The molecule has 1 saturated carbocycles. The summed E-state index contributed by atoms with van der Waals surface area (Å²) in [7, 11) is 0. The van der Waals surface area contributed by atoms with Gasteiger partial charge < -0.3 is 15.0 Å². The first-order valence-corrected chi connectivity index (χ1v) is 10.5. The van der Waals surface area contributed by atoms with E-state index in [0.29, 0.717) is 17.9 Å². The molecule has 0 unspecified atom stereocenters. The van der Waals surface area contributed by atoms with Crippen LogP contribution in [-0.4, -0.2) is 34.7 Å². The van der Waals surface area contributed by atoms with Gasteiger partial charge in [0.15, 0.2) is 0 Å². The summed E-state index contributed by atoms with van der Waals surface area (Å²) < 4.78 is 6.04. The average molecular weight is 409 g/mol. The molecule has 2 aromatic carbocycles. The first-order chi connectivity index (χ1) is 14.7. The topological polar surface area (TPSA) is 90.9 Å². The normalized spacial score (nSPS) is 19.2. The van der Waals surface area contributed by atoms with Crippen molar-refractivity contribution in [2.24, 2.45) is 0 Å². The van der Waals surface area contributed by atoms with Crippen molar-refractivity contribution in [2.45, 2.75) is 50.7 Å². The zero-order valence-corrected chi connectivity index (χ0v) is 16.8. The molecule has 1 aliphatic carbocycles. The first-order valence-electron chi connectivity index (χ1n) is 10.5. The van der Waals surface area contributed by atoms with Gasteiger partial charge in [0.05, 0.1) is 12.6 Å². The highest BCUT2D eigenvalue weighted by Crippen LogP contribution is 2.32. The number of hydroxylamine groups is 1. The van der Waals surface area contributed by atoms with Gasteiger partial charge in [0, 0.05) is 17.2 Å². The zero-order chi connectivity index (χ0) is 20.9. The van der Waals surface area contributed by atoms with E-state index in [-0.39, 0.29) is 24.7 Å². The van der Waals surface area contributed by atoms with Crippen LogP contribution < -0.4 is 15.5 Å². The van der Waals surface area contributed by atoms with Gasteiger partial charge in [0.1, 0.15) is 12.4 Å². The second-order valence-electron chi connectivity index (χ2n) is 7.91. The molecule has 4 rings (SSSR count). The molecule has 1 aliphatic heterocycles. The van der Waals surface area contributed by atoms with Gasteiger partial charge in [0.25, 0.3) is 5.91 Å². The van der Waals surface area contributed by atoms with Gasteiger partial charge in [-0.2, -0.15) is 0 Å². The number of benzene rings is 2. The Hall–Kier alpha value is -3.06. The van der Waals surface area contributed by atoms with Crippen molar-refractivity contribution in [1.29, 1.82) is 0 Å². The van der Waals surface area contributed by atoms with Crippen molar-refractivity contribution in [1.82, 2.24) is 15.7 Å². The molecule has 2 aromatic rings. The Morgan fingerprint density at radius 3 is 2.53 bits per heavy atom. The van der Waals surface area contributed by atoms with Crippen molar-refractivity contribution in [2.75, 3.05) is 6.61 Å². The molecule has 158 valence electrons. The number of nitrogens with zero attached hydrogens (tertiary/aromatic N) is 1. The molecule has 0 aromatic heterocycles. The van der Waals surface area contributed by atoms with Crippen molar-refractivity contribution in [3.63, 3.8) is 0 Å². The summed E-state index contributed by atoms with van der Waals surface area (Å²) in [6, 6.07) is 14.7. The van der Waals surface area contributed by atoms with Gasteiger partial charge in [-0.05, 0) is 30.5 Å². The third kappa shape index (κ3) is 4.41. The molecule has 0 radical (unpaired) electrons. The zero-order valence-electron chi connectivity index (χ0n) is 16.8. The third-order valence-electron chi connectivity index (χ3n) is 5.92. The summed E-state index contributed by atoms with van der Waals surface area (Å²) >= 11 is 0. The Morgan fingerprint density at radius 2 is 1.80 bits per heavy atom. The van der Waals surface area contributed by atoms with Crippen molar-refractivity contribution >= 4 is 11.9 Å². The molecule has 0 bridgehead atoms. The van der Waals surface area contributed by atoms with E-state index in [1.807, 2.05) is 35.2 Å². The lowest BCUT2D eigenvalue weighted by atomic mass is 9.95. The number of fused-ring (bicyclic) bond motifs is 1. The van der Waals surface area contributed by atoms with Crippen molar-refractivity contribution < 1.29 is 19.5 Å². The van der Waals surface area contributed by atoms with Crippen LogP contribution in [0.5, 0.6) is 5.75 Å². The Morgan fingerprint density at radius 1 is 1.03 bits per heavy atom. The number of carbonyl (C=O) groups excluding carboxylic acids is 2. The van der Waals surface area contributed by atoms with E-state index >= 15 is 0 Å².